The molecule has 1 fully saturated rings. The second-order valence-corrected chi connectivity index (χ2v) is 6.76. The van der Waals surface area contributed by atoms with Crippen molar-refractivity contribution in [2.45, 2.75) is 44.3 Å². The Balaban J connectivity index is 0.00000196. The molecule has 0 bridgehead atoms. The summed E-state index contributed by atoms with van der Waals surface area (Å²) in [5, 5.41) is 10.0. The Morgan fingerprint density at radius 2 is 2.15 bits per heavy atom. The predicted molar refractivity (Wildman–Crippen MR) is 98.7 cm³/mol. The molecule has 140 valence electrons. The van der Waals surface area contributed by atoms with E-state index >= 15 is 0 Å². The van der Waals surface area contributed by atoms with Gasteiger partial charge in [0.1, 0.15) is 0 Å². The highest BCUT2D eigenvalue weighted by Gasteiger charge is 2.32. The zero-order chi connectivity index (χ0) is 17.6. The van der Waals surface area contributed by atoms with Crippen LogP contribution in [0.15, 0.2) is 12.4 Å². The molecule has 3 heterocycles. The molecule has 2 aromatic heterocycles. The number of fused-ring (bicyclic) bond motifs is 1. The van der Waals surface area contributed by atoms with E-state index in [0.29, 0.717) is 22.4 Å². The molecule has 0 saturated heterocycles. The quantitative estimate of drug-likeness (QED) is 0.756. The molecule has 0 radical (unpaired) electrons. The third-order valence-electron chi connectivity index (χ3n) is 5.01. The van der Waals surface area contributed by atoms with Crippen LogP contribution in [0.25, 0.3) is 11.3 Å². The second-order valence-electron chi connectivity index (χ2n) is 6.76. The molecule has 1 amide bonds. The van der Waals surface area contributed by atoms with E-state index in [1.807, 2.05) is 0 Å². The largest absolute Gasteiger partial charge is 0.363 e. The minimum Gasteiger partial charge on any atom is -0.363 e. The fourth-order valence-corrected chi connectivity index (χ4v) is 3.64. The smallest absolute Gasteiger partial charge is 0.254 e. The van der Waals surface area contributed by atoms with Crippen molar-refractivity contribution in [1.29, 1.82) is 0 Å². The van der Waals surface area contributed by atoms with Gasteiger partial charge in [0.15, 0.2) is 11.6 Å². The number of pyridine rings is 1. The Hall–Kier alpha value is -2.19. The first-order valence-corrected chi connectivity index (χ1v) is 8.56. The van der Waals surface area contributed by atoms with Gasteiger partial charge in [-0.25, -0.2) is 9.37 Å². The molecular weight excluding hydrogens is 359 g/mol. The Bertz CT molecular complexity index is 839. The van der Waals surface area contributed by atoms with Gasteiger partial charge >= 0.3 is 0 Å². The van der Waals surface area contributed by atoms with Crippen LogP contribution in [0.2, 0.25) is 0 Å². The monoisotopic (exact) mass is 380 g/mol. The normalized spacial score (nSPS) is 21.7. The van der Waals surface area contributed by atoms with Crippen LogP contribution in [0.4, 0.5) is 10.2 Å². The van der Waals surface area contributed by atoms with E-state index in [2.05, 4.69) is 20.7 Å². The van der Waals surface area contributed by atoms with E-state index in [-0.39, 0.29) is 42.8 Å². The summed E-state index contributed by atoms with van der Waals surface area (Å²) in [5.41, 5.74) is 7.96. The Morgan fingerprint density at radius 1 is 1.38 bits per heavy atom. The summed E-state index contributed by atoms with van der Waals surface area (Å²) in [6.45, 7) is 0.168. The number of aryl methyl sites for hydroxylation is 1. The highest BCUT2D eigenvalue weighted by Crippen LogP contribution is 2.33. The molecular formula is C17H22ClFN6O. The van der Waals surface area contributed by atoms with Crippen molar-refractivity contribution < 1.29 is 9.18 Å². The summed E-state index contributed by atoms with van der Waals surface area (Å²) >= 11 is 0. The summed E-state index contributed by atoms with van der Waals surface area (Å²) in [6.07, 6.45) is 7.36. The summed E-state index contributed by atoms with van der Waals surface area (Å²) in [5.74, 6) is -0.614. The molecule has 1 saturated carbocycles. The zero-order valence-electron chi connectivity index (χ0n) is 14.5. The SMILES string of the molecule is Cl.Cn1cc(-c2nc(N[C@@H]3CCCC[C@@H]3N)c(F)c3c2C(=O)NC3)cn1. The maximum absolute atomic E-state index is 15.0. The van der Waals surface area contributed by atoms with Crippen LogP contribution in [0, 0.1) is 5.82 Å². The van der Waals surface area contributed by atoms with Gasteiger partial charge in [-0.2, -0.15) is 5.10 Å². The molecule has 2 aliphatic rings. The Labute approximate surface area is 157 Å². The van der Waals surface area contributed by atoms with Gasteiger partial charge in [0, 0.05) is 43.0 Å². The standard InChI is InChI=1S/C17H21FN6O.ClH/c1-24-8-9(6-21-24)15-13-10(7-20-17(13)25)14(18)16(23-15)22-12-5-3-2-4-11(12)19;/h6,8,11-12H,2-5,7,19H2,1H3,(H,20,25)(H,22,23);1H/t11-,12+;/m0./s1. The van der Waals surface area contributed by atoms with Crippen molar-refractivity contribution in [3.05, 3.63) is 29.3 Å². The molecule has 4 N–H and O–H groups in total. The molecule has 2 atom stereocenters. The molecule has 0 spiro atoms. The molecule has 2 aromatic rings. The van der Waals surface area contributed by atoms with Crippen molar-refractivity contribution in [2.24, 2.45) is 12.8 Å². The van der Waals surface area contributed by atoms with Crippen LogP contribution in [-0.4, -0.2) is 32.8 Å². The molecule has 26 heavy (non-hydrogen) atoms. The van der Waals surface area contributed by atoms with Gasteiger partial charge in [-0.1, -0.05) is 12.8 Å². The molecule has 1 aliphatic heterocycles. The van der Waals surface area contributed by atoms with Crippen molar-refractivity contribution in [1.82, 2.24) is 20.1 Å². The van der Waals surface area contributed by atoms with Gasteiger partial charge in [-0.05, 0) is 12.8 Å². The number of amides is 1. The van der Waals surface area contributed by atoms with Gasteiger partial charge in [0.05, 0.1) is 17.5 Å². The first-order valence-electron chi connectivity index (χ1n) is 8.56. The summed E-state index contributed by atoms with van der Waals surface area (Å²) in [7, 11) is 1.79. The highest BCUT2D eigenvalue weighted by molar-refractivity contribution is 6.04. The van der Waals surface area contributed by atoms with E-state index in [9.17, 15) is 9.18 Å². The van der Waals surface area contributed by atoms with Gasteiger partial charge in [-0.3, -0.25) is 9.48 Å². The van der Waals surface area contributed by atoms with E-state index in [4.69, 9.17) is 5.73 Å². The van der Waals surface area contributed by atoms with Crippen LogP contribution < -0.4 is 16.4 Å². The van der Waals surface area contributed by atoms with Gasteiger partial charge in [0.2, 0.25) is 0 Å². The summed E-state index contributed by atoms with van der Waals surface area (Å²) in [4.78, 5) is 16.6. The number of carbonyl (C=O) groups excluding carboxylic acids is 1. The number of anilines is 1. The van der Waals surface area contributed by atoms with Crippen molar-refractivity contribution in [2.75, 3.05) is 5.32 Å². The lowest BCUT2D eigenvalue weighted by Gasteiger charge is -2.30. The number of nitrogens with two attached hydrogens (primary N) is 1. The third-order valence-corrected chi connectivity index (χ3v) is 5.01. The molecule has 9 heteroatoms. The molecule has 1 aliphatic carbocycles. The number of aromatic nitrogens is 3. The van der Waals surface area contributed by atoms with E-state index < -0.39 is 5.82 Å². The lowest BCUT2D eigenvalue weighted by Crippen LogP contribution is -2.43. The number of halogens is 2. The maximum Gasteiger partial charge on any atom is 0.254 e. The third kappa shape index (κ3) is 3.14. The molecule has 7 nitrogen and oxygen atoms in total. The summed E-state index contributed by atoms with van der Waals surface area (Å²) < 4.78 is 16.6. The highest BCUT2D eigenvalue weighted by atomic mass is 35.5. The number of hydrogen-bond acceptors (Lipinski definition) is 5. The van der Waals surface area contributed by atoms with Gasteiger partial charge in [0.25, 0.3) is 5.91 Å². The van der Waals surface area contributed by atoms with Crippen LogP contribution in [0.1, 0.15) is 41.6 Å². The number of nitrogens with one attached hydrogen (secondary N) is 2. The second kappa shape index (κ2) is 7.20. The Morgan fingerprint density at radius 3 is 2.85 bits per heavy atom. The fraction of sp³-hybridized carbons (Fsp3) is 0.471. The average Bonchev–Trinajstić information content (AvgIpc) is 3.19. The van der Waals surface area contributed by atoms with Crippen LogP contribution >= 0.6 is 12.4 Å². The number of rotatable bonds is 3. The molecule has 4 rings (SSSR count). The lowest BCUT2D eigenvalue weighted by atomic mass is 9.91. The van der Waals surface area contributed by atoms with E-state index in [1.54, 1.807) is 24.1 Å². The maximum atomic E-state index is 15.0. The minimum absolute atomic E-state index is 0. The van der Waals surface area contributed by atoms with Crippen LogP contribution in [0.3, 0.4) is 0 Å². The molecule has 0 unspecified atom stereocenters. The average molecular weight is 381 g/mol. The van der Waals surface area contributed by atoms with E-state index in [1.165, 1.54) is 0 Å². The van der Waals surface area contributed by atoms with Gasteiger partial charge in [-0.15, -0.1) is 12.4 Å². The van der Waals surface area contributed by atoms with Gasteiger partial charge < -0.3 is 16.4 Å². The van der Waals surface area contributed by atoms with Crippen molar-refractivity contribution in [3.8, 4) is 11.3 Å². The first kappa shape index (κ1) is 18.6. The lowest BCUT2D eigenvalue weighted by molar-refractivity contribution is 0.0966. The van der Waals surface area contributed by atoms with Crippen LogP contribution in [0.5, 0.6) is 0 Å². The summed E-state index contributed by atoms with van der Waals surface area (Å²) in [6, 6.07) is -0.0367. The zero-order valence-corrected chi connectivity index (χ0v) is 15.3. The number of carbonyl (C=O) groups is 1. The number of nitrogens with zero attached hydrogens (tertiary/aromatic N) is 3. The predicted octanol–water partition coefficient (Wildman–Crippen LogP) is 1.97. The fourth-order valence-electron chi connectivity index (χ4n) is 3.64. The van der Waals surface area contributed by atoms with Crippen LogP contribution in [-0.2, 0) is 13.6 Å². The Kier molecular flexibility index (Phi) is 5.15. The van der Waals surface area contributed by atoms with Crippen molar-refractivity contribution in [3.63, 3.8) is 0 Å². The van der Waals surface area contributed by atoms with Crippen molar-refractivity contribution >= 4 is 24.1 Å². The minimum atomic E-state index is -0.473. The number of hydrogen-bond donors (Lipinski definition) is 3. The van der Waals surface area contributed by atoms with E-state index in [0.717, 1.165) is 25.7 Å². The topological polar surface area (TPSA) is 97.9 Å². The first-order chi connectivity index (χ1) is 12.0. The molecule has 0 aromatic carbocycles.